The van der Waals surface area contributed by atoms with Gasteiger partial charge in [-0.2, -0.15) is 0 Å². The number of carboxylic acid groups (broad SMARTS) is 1. The van der Waals surface area contributed by atoms with E-state index in [1.165, 1.54) is 13.8 Å². The number of aliphatic carboxylic acids is 1. The lowest BCUT2D eigenvalue weighted by atomic mass is 9.98. The highest BCUT2D eigenvalue weighted by molar-refractivity contribution is 5.82. The summed E-state index contributed by atoms with van der Waals surface area (Å²) < 4.78 is 27.2. The largest absolute Gasteiger partial charge is 0.480 e. The van der Waals surface area contributed by atoms with Gasteiger partial charge in [-0.25, -0.2) is 13.6 Å². The average Bonchev–Trinajstić information content (AvgIpc) is 2.32. The number of anilines is 1. The number of carboxylic acids is 1. The molecule has 0 saturated carbocycles. The Bertz CT molecular complexity index is 512. The Morgan fingerprint density at radius 1 is 1.47 bits per heavy atom. The van der Waals surface area contributed by atoms with Crippen LogP contribution in [0, 0.1) is 21.7 Å². The highest BCUT2D eigenvalue weighted by Crippen LogP contribution is 2.28. The van der Waals surface area contributed by atoms with Crippen molar-refractivity contribution in [2.75, 3.05) is 5.32 Å². The molecule has 6 nitrogen and oxygen atoms in total. The average molecular weight is 274 g/mol. The molecule has 8 heteroatoms. The number of hydrogen-bond acceptors (Lipinski definition) is 4. The molecule has 0 radical (unpaired) electrons. The minimum absolute atomic E-state index is 0.0677. The van der Waals surface area contributed by atoms with E-state index in [1.54, 1.807) is 0 Å². The summed E-state index contributed by atoms with van der Waals surface area (Å²) in [5.41, 5.74) is -3.01. The van der Waals surface area contributed by atoms with Gasteiger partial charge in [0.2, 0.25) is 0 Å². The van der Waals surface area contributed by atoms with E-state index < -0.39 is 39.4 Å². The summed E-state index contributed by atoms with van der Waals surface area (Å²) in [5.74, 6) is -3.72. The monoisotopic (exact) mass is 274 g/mol. The molecule has 2 N–H and O–H groups in total. The smallest absolute Gasteiger partial charge is 0.329 e. The van der Waals surface area contributed by atoms with Crippen LogP contribution in [0.2, 0.25) is 0 Å². The summed E-state index contributed by atoms with van der Waals surface area (Å²) in [4.78, 5) is 20.5. The Hall–Kier alpha value is -2.25. The Morgan fingerprint density at radius 2 is 1.95 bits per heavy atom. The molecule has 0 saturated heterocycles. The van der Waals surface area contributed by atoms with Crippen LogP contribution in [0.25, 0.3) is 0 Å². The van der Waals surface area contributed by atoms with Gasteiger partial charge >= 0.3 is 5.97 Å². The van der Waals surface area contributed by atoms with Gasteiger partial charge < -0.3 is 10.4 Å². The van der Waals surface area contributed by atoms with Crippen molar-refractivity contribution in [3.8, 4) is 0 Å². The zero-order chi connectivity index (χ0) is 14.8. The van der Waals surface area contributed by atoms with Gasteiger partial charge in [0.15, 0.2) is 11.6 Å². The Balaban J connectivity index is 3.23. The third-order valence-electron chi connectivity index (χ3n) is 2.82. The fourth-order valence-electron chi connectivity index (χ4n) is 1.35. The topological polar surface area (TPSA) is 92.5 Å². The number of nitrogens with zero attached hydrogens (tertiary/aromatic N) is 1. The van der Waals surface area contributed by atoms with Gasteiger partial charge in [-0.15, -0.1) is 0 Å². The number of carbonyl (C=O) groups is 1. The Labute approximate surface area is 107 Å². The van der Waals surface area contributed by atoms with Gasteiger partial charge in [-0.1, -0.05) is 6.92 Å². The molecule has 0 aliphatic rings. The zero-order valence-corrected chi connectivity index (χ0v) is 10.2. The SMILES string of the molecule is CCC(C)(Nc1c(F)cc([N+](=O)[O-])cc1F)C(=O)O. The van der Waals surface area contributed by atoms with Crippen LogP contribution in [-0.2, 0) is 4.79 Å². The van der Waals surface area contributed by atoms with Crippen LogP contribution in [0.5, 0.6) is 0 Å². The van der Waals surface area contributed by atoms with Crippen molar-refractivity contribution in [3.63, 3.8) is 0 Å². The van der Waals surface area contributed by atoms with E-state index in [0.717, 1.165) is 0 Å². The second-order valence-corrected chi connectivity index (χ2v) is 4.16. The first kappa shape index (κ1) is 14.8. The molecule has 0 fully saturated rings. The van der Waals surface area contributed by atoms with E-state index in [2.05, 4.69) is 5.32 Å². The van der Waals surface area contributed by atoms with E-state index in [4.69, 9.17) is 5.11 Å². The molecule has 0 bridgehead atoms. The molecule has 104 valence electrons. The summed E-state index contributed by atoms with van der Waals surface area (Å²) in [7, 11) is 0. The number of hydrogen-bond donors (Lipinski definition) is 2. The molecule has 1 unspecified atom stereocenters. The van der Waals surface area contributed by atoms with Crippen LogP contribution in [0.3, 0.4) is 0 Å². The minimum atomic E-state index is -1.57. The van der Waals surface area contributed by atoms with Crippen LogP contribution in [0.4, 0.5) is 20.2 Å². The summed E-state index contributed by atoms with van der Waals surface area (Å²) in [5, 5.41) is 21.7. The van der Waals surface area contributed by atoms with Gasteiger partial charge in [0.1, 0.15) is 11.2 Å². The zero-order valence-electron chi connectivity index (χ0n) is 10.2. The quantitative estimate of drug-likeness (QED) is 0.635. The van der Waals surface area contributed by atoms with E-state index >= 15 is 0 Å². The number of nitro groups is 1. The van der Waals surface area contributed by atoms with Gasteiger partial charge in [0.25, 0.3) is 5.69 Å². The number of nitrogens with one attached hydrogen (secondary N) is 1. The molecular formula is C11H12F2N2O4. The first-order chi connectivity index (χ1) is 8.71. The molecule has 1 atom stereocenters. The van der Waals surface area contributed by atoms with Crippen molar-refractivity contribution >= 4 is 17.3 Å². The fourth-order valence-corrected chi connectivity index (χ4v) is 1.35. The summed E-state index contributed by atoms with van der Waals surface area (Å²) in [6.45, 7) is 2.79. The standard InChI is InChI=1S/C11H12F2N2O4/c1-3-11(2,10(16)17)14-9-7(12)4-6(15(18)19)5-8(9)13/h4-5,14H,3H2,1-2H3,(H,16,17). The van der Waals surface area contributed by atoms with Crippen molar-refractivity contribution in [2.24, 2.45) is 0 Å². The second-order valence-electron chi connectivity index (χ2n) is 4.16. The third-order valence-corrected chi connectivity index (χ3v) is 2.82. The van der Waals surface area contributed by atoms with E-state index in [9.17, 15) is 23.7 Å². The van der Waals surface area contributed by atoms with Crippen LogP contribution in [0.1, 0.15) is 20.3 Å². The molecule has 0 aliphatic heterocycles. The lowest BCUT2D eigenvalue weighted by Gasteiger charge is -2.26. The number of benzene rings is 1. The molecule has 0 amide bonds. The Morgan fingerprint density at radius 3 is 2.26 bits per heavy atom. The van der Waals surface area contributed by atoms with E-state index in [-0.39, 0.29) is 6.42 Å². The molecule has 1 aromatic rings. The predicted molar refractivity (Wildman–Crippen MR) is 63.0 cm³/mol. The van der Waals surface area contributed by atoms with Gasteiger partial charge in [-0.05, 0) is 13.3 Å². The van der Waals surface area contributed by atoms with Crippen molar-refractivity contribution in [1.82, 2.24) is 0 Å². The second kappa shape index (κ2) is 5.17. The third kappa shape index (κ3) is 2.95. The minimum Gasteiger partial charge on any atom is -0.480 e. The maximum absolute atomic E-state index is 13.6. The van der Waals surface area contributed by atoms with Gasteiger partial charge in [0.05, 0.1) is 17.1 Å². The van der Waals surface area contributed by atoms with Crippen molar-refractivity contribution < 1.29 is 23.6 Å². The number of halogens is 2. The first-order valence-corrected chi connectivity index (χ1v) is 5.36. The maximum atomic E-state index is 13.6. The molecular weight excluding hydrogens is 262 g/mol. The lowest BCUT2D eigenvalue weighted by molar-refractivity contribution is -0.385. The summed E-state index contributed by atoms with van der Waals surface area (Å²) >= 11 is 0. The molecule has 19 heavy (non-hydrogen) atoms. The first-order valence-electron chi connectivity index (χ1n) is 5.36. The predicted octanol–water partition coefficient (Wildman–Crippen LogP) is 2.54. The van der Waals surface area contributed by atoms with Crippen LogP contribution in [-0.4, -0.2) is 21.5 Å². The molecule has 0 aliphatic carbocycles. The summed E-state index contributed by atoms with van der Waals surface area (Å²) in [6.07, 6.45) is 0.0677. The van der Waals surface area contributed by atoms with Crippen molar-refractivity contribution in [1.29, 1.82) is 0 Å². The highest BCUT2D eigenvalue weighted by Gasteiger charge is 2.33. The molecule has 0 heterocycles. The lowest BCUT2D eigenvalue weighted by Crippen LogP contribution is -2.43. The van der Waals surface area contributed by atoms with Gasteiger partial charge in [-0.3, -0.25) is 10.1 Å². The molecule has 1 aromatic carbocycles. The molecule has 0 aromatic heterocycles. The number of rotatable bonds is 5. The van der Waals surface area contributed by atoms with E-state index in [0.29, 0.717) is 12.1 Å². The van der Waals surface area contributed by atoms with Crippen LogP contribution in [0.15, 0.2) is 12.1 Å². The van der Waals surface area contributed by atoms with Crippen LogP contribution < -0.4 is 5.32 Å². The van der Waals surface area contributed by atoms with Gasteiger partial charge in [0, 0.05) is 0 Å². The number of nitro benzene ring substituents is 1. The molecule has 1 rings (SSSR count). The number of non-ortho nitro benzene ring substituents is 1. The fraction of sp³-hybridized carbons (Fsp3) is 0.364. The highest BCUT2D eigenvalue weighted by atomic mass is 19.1. The molecule has 0 spiro atoms. The Kier molecular flexibility index (Phi) is 4.03. The van der Waals surface area contributed by atoms with Crippen molar-refractivity contribution in [3.05, 3.63) is 33.9 Å². The normalized spacial score (nSPS) is 13.7. The summed E-state index contributed by atoms with van der Waals surface area (Å²) in [6, 6.07) is 1.06. The van der Waals surface area contributed by atoms with E-state index in [1.807, 2.05) is 0 Å². The van der Waals surface area contributed by atoms with Crippen LogP contribution >= 0.6 is 0 Å². The van der Waals surface area contributed by atoms with Crippen molar-refractivity contribution in [2.45, 2.75) is 25.8 Å². The maximum Gasteiger partial charge on any atom is 0.329 e.